The summed E-state index contributed by atoms with van der Waals surface area (Å²) in [4.78, 5) is 8.54. The fourth-order valence-corrected chi connectivity index (χ4v) is 2.08. The number of thiazole rings is 1. The molecule has 0 aliphatic heterocycles. The summed E-state index contributed by atoms with van der Waals surface area (Å²) in [5, 5.41) is 1.97. The van der Waals surface area contributed by atoms with Gasteiger partial charge in [0.1, 0.15) is 11.9 Å². The predicted octanol–water partition coefficient (Wildman–Crippen LogP) is 0.912. The van der Waals surface area contributed by atoms with Crippen LogP contribution in [0.5, 0.6) is 0 Å². The molecule has 0 aliphatic carbocycles. The van der Waals surface area contributed by atoms with Gasteiger partial charge in [-0.05, 0) is 6.92 Å². The normalized spacial score (nSPS) is 12.9. The number of nitrogens with one attached hydrogen (secondary N) is 1. The topological polar surface area (TPSA) is 68.8 Å². The van der Waals surface area contributed by atoms with E-state index in [0.29, 0.717) is 0 Å². The van der Waals surface area contributed by atoms with Crippen LogP contribution in [0.1, 0.15) is 24.5 Å². The molecule has 6 heteroatoms. The number of aromatic nitrogens is 3. The largest absolute Gasteiger partial charge is 0.334 e. The van der Waals surface area contributed by atoms with Crippen LogP contribution in [0.15, 0.2) is 23.3 Å². The van der Waals surface area contributed by atoms with Crippen molar-refractivity contribution in [3.05, 3.63) is 34.8 Å². The summed E-state index contributed by atoms with van der Waals surface area (Å²) in [5.41, 5.74) is 5.44. The molecule has 1 unspecified atom stereocenters. The molecule has 0 fully saturated rings. The summed E-state index contributed by atoms with van der Waals surface area (Å²) in [6, 6.07) is -0.133. The molecule has 0 aromatic carbocycles. The summed E-state index contributed by atoms with van der Waals surface area (Å²) in [6.07, 6.45) is 3.71. The van der Waals surface area contributed by atoms with Gasteiger partial charge in [0, 0.05) is 24.3 Å². The highest BCUT2D eigenvalue weighted by Crippen LogP contribution is 2.19. The lowest BCUT2D eigenvalue weighted by atomic mass is 10.2. The van der Waals surface area contributed by atoms with Gasteiger partial charge in [-0.2, -0.15) is 0 Å². The van der Waals surface area contributed by atoms with Crippen molar-refractivity contribution in [1.29, 1.82) is 0 Å². The molecule has 0 aliphatic rings. The zero-order valence-electron chi connectivity index (χ0n) is 8.42. The van der Waals surface area contributed by atoms with Crippen molar-refractivity contribution in [3.63, 3.8) is 0 Å². The second-order valence-electron chi connectivity index (χ2n) is 3.08. The van der Waals surface area contributed by atoms with Gasteiger partial charge in [-0.3, -0.25) is 5.84 Å². The summed E-state index contributed by atoms with van der Waals surface area (Å²) in [5.74, 6) is 6.43. The highest BCUT2D eigenvalue weighted by Gasteiger charge is 2.18. The van der Waals surface area contributed by atoms with Gasteiger partial charge in [0.2, 0.25) is 0 Å². The maximum absolute atomic E-state index is 5.54. The Labute approximate surface area is 91.9 Å². The van der Waals surface area contributed by atoms with Crippen molar-refractivity contribution in [3.8, 4) is 0 Å². The fourth-order valence-electron chi connectivity index (χ4n) is 1.51. The molecule has 0 radical (unpaired) electrons. The smallest absolute Gasteiger partial charge is 0.133 e. The second kappa shape index (κ2) is 4.52. The first-order chi connectivity index (χ1) is 7.36. The predicted molar refractivity (Wildman–Crippen MR) is 59.2 cm³/mol. The SMILES string of the molecule is CCn1ccnc1C(NN)c1cscn1. The molecule has 3 N–H and O–H groups in total. The molecule has 0 spiro atoms. The molecule has 0 saturated heterocycles. The molecule has 0 amide bonds. The Hall–Kier alpha value is -1.24. The van der Waals surface area contributed by atoms with Crippen molar-refractivity contribution in [1.82, 2.24) is 20.0 Å². The zero-order chi connectivity index (χ0) is 10.7. The third kappa shape index (κ3) is 1.92. The van der Waals surface area contributed by atoms with Crippen LogP contribution < -0.4 is 11.3 Å². The number of imidazole rings is 1. The van der Waals surface area contributed by atoms with Gasteiger partial charge < -0.3 is 4.57 Å². The van der Waals surface area contributed by atoms with Crippen LogP contribution in [-0.4, -0.2) is 14.5 Å². The van der Waals surface area contributed by atoms with Crippen LogP contribution >= 0.6 is 11.3 Å². The van der Waals surface area contributed by atoms with Crippen LogP contribution in [0.4, 0.5) is 0 Å². The lowest BCUT2D eigenvalue weighted by Gasteiger charge is -2.14. The number of rotatable bonds is 4. The van der Waals surface area contributed by atoms with E-state index in [4.69, 9.17) is 5.84 Å². The minimum atomic E-state index is -0.133. The van der Waals surface area contributed by atoms with Crippen LogP contribution in [0.3, 0.4) is 0 Å². The fraction of sp³-hybridized carbons (Fsp3) is 0.333. The van der Waals surface area contributed by atoms with E-state index in [-0.39, 0.29) is 6.04 Å². The lowest BCUT2D eigenvalue weighted by molar-refractivity contribution is 0.552. The monoisotopic (exact) mass is 223 g/mol. The average Bonchev–Trinajstić information content (AvgIpc) is 2.89. The van der Waals surface area contributed by atoms with Crippen molar-refractivity contribution in [2.24, 2.45) is 5.84 Å². The minimum absolute atomic E-state index is 0.133. The van der Waals surface area contributed by atoms with E-state index in [9.17, 15) is 0 Å². The molecule has 2 heterocycles. The summed E-state index contributed by atoms with van der Waals surface area (Å²) in [7, 11) is 0. The van der Waals surface area contributed by atoms with Crippen LogP contribution in [0.25, 0.3) is 0 Å². The number of hydrogen-bond acceptors (Lipinski definition) is 5. The van der Waals surface area contributed by atoms with E-state index in [0.717, 1.165) is 18.1 Å². The van der Waals surface area contributed by atoms with E-state index in [2.05, 4.69) is 22.3 Å². The maximum atomic E-state index is 5.54. The Balaban J connectivity index is 2.35. The number of nitrogens with two attached hydrogens (primary N) is 1. The van der Waals surface area contributed by atoms with E-state index in [1.54, 1.807) is 23.0 Å². The molecule has 15 heavy (non-hydrogen) atoms. The standard InChI is InChI=1S/C9H13N5S/c1-2-14-4-3-11-9(14)8(13-10)7-5-15-6-12-7/h3-6,8,13H,2,10H2,1H3. The van der Waals surface area contributed by atoms with Crippen molar-refractivity contribution in [2.45, 2.75) is 19.5 Å². The van der Waals surface area contributed by atoms with Crippen LogP contribution in [-0.2, 0) is 6.54 Å². The minimum Gasteiger partial charge on any atom is -0.334 e. The van der Waals surface area contributed by atoms with Crippen molar-refractivity contribution in [2.75, 3.05) is 0 Å². The van der Waals surface area contributed by atoms with E-state index >= 15 is 0 Å². The Kier molecular flexibility index (Phi) is 3.10. The Morgan fingerprint density at radius 2 is 2.47 bits per heavy atom. The number of nitrogens with zero attached hydrogens (tertiary/aromatic N) is 3. The summed E-state index contributed by atoms with van der Waals surface area (Å²) in [6.45, 7) is 2.94. The molecule has 2 aromatic rings. The number of aryl methyl sites for hydroxylation is 1. The molecule has 2 aromatic heterocycles. The summed E-state index contributed by atoms with van der Waals surface area (Å²) >= 11 is 1.55. The van der Waals surface area contributed by atoms with E-state index < -0.39 is 0 Å². The number of hydrazine groups is 1. The van der Waals surface area contributed by atoms with Crippen LogP contribution in [0, 0.1) is 0 Å². The van der Waals surface area contributed by atoms with Gasteiger partial charge >= 0.3 is 0 Å². The molecular weight excluding hydrogens is 210 g/mol. The first-order valence-corrected chi connectivity index (χ1v) is 5.66. The Morgan fingerprint density at radius 3 is 3.07 bits per heavy atom. The molecule has 80 valence electrons. The zero-order valence-corrected chi connectivity index (χ0v) is 9.24. The first-order valence-electron chi connectivity index (χ1n) is 4.72. The third-order valence-corrected chi connectivity index (χ3v) is 2.87. The molecular formula is C9H13N5S. The third-order valence-electron chi connectivity index (χ3n) is 2.26. The average molecular weight is 223 g/mol. The Bertz CT molecular complexity index is 408. The van der Waals surface area contributed by atoms with Gasteiger partial charge in [0.05, 0.1) is 11.2 Å². The highest BCUT2D eigenvalue weighted by molar-refractivity contribution is 7.07. The van der Waals surface area contributed by atoms with Gasteiger partial charge in [-0.15, -0.1) is 11.3 Å². The Morgan fingerprint density at radius 1 is 1.60 bits per heavy atom. The van der Waals surface area contributed by atoms with Crippen LogP contribution in [0.2, 0.25) is 0 Å². The van der Waals surface area contributed by atoms with Crippen molar-refractivity contribution < 1.29 is 0 Å². The second-order valence-corrected chi connectivity index (χ2v) is 3.80. The molecule has 2 rings (SSSR count). The summed E-state index contributed by atoms with van der Waals surface area (Å²) < 4.78 is 2.05. The van der Waals surface area contributed by atoms with Gasteiger partial charge in [-0.25, -0.2) is 15.4 Å². The van der Waals surface area contributed by atoms with Crippen molar-refractivity contribution >= 4 is 11.3 Å². The molecule has 1 atom stereocenters. The molecule has 5 nitrogen and oxygen atoms in total. The molecule has 0 bridgehead atoms. The molecule has 0 saturated carbocycles. The van der Waals surface area contributed by atoms with Gasteiger partial charge in [-0.1, -0.05) is 0 Å². The quantitative estimate of drug-likeness (QED) is 0.597. The first kappa shape index (κ1) is 10.3. The maximum Gasteiger partial charge on any atom is 0.133 e. The highest BCUT2D eigenvalue weighted by atomic mass is 32.1. The van der Waals surface area contributed by atoms with E-state index in [1.165, 1.54) is 0 Å². The van der Waals surface area contributed by atoms with E-state index in [1.807, 2.05) is 16.1 Å². The number of hydrogen-bond donors (Lipinski definition) is 2. The van der Waals surface area contributed by atoms with Gasteiger partial charge in [0.15, 0.2) is 0 Å². The van der Waals surface area contributed by atoms with Gasteiger partial charge in [0.25, 0.3) is 0 Å². The lowest BCUT2D eigenvalue weighted by Crippen LogP contribution is -2.31.